The van der Waals surface area contributed by atoms with Crippen molar-refractivity contribution in [1.82, 2.24) is 0 Å². The first-order chi connectivity index (χ1) is 22.1. The van der Waals surface area contributed by atoms with Crippen molar-refractivity contribution >= 4 is 5.97 Å². The summed E-state index contributed by atoms with van der Waals surface area (Å²) in [6, 6.07) is 41.6. The standard InChI is InChI=1S/C39H36O6/c1-42-31-20-16-29(17-21-31)39(28-10-4-3-5-11-28,30-18-22-32(43-2)23-19-30)45-25-27(24-40)38(41)44-26-37-35-14-8-6-12-33(35)34-13-7-9-15-36(34)37/h3-23,27,37,40H,24-26H2,1-2H3. The highest BCUT2D eigenvalue weighted by atomic mass is 16.5. The molecule has 0 heterocycles. The Bertz CT molecular complexity index is 1640. The van der Waals surface area contributed by atoms with E-state index in [-0.39, 0.29) is 19.1 Å². The van der Waals surface area contributed by atoms with E-state index in [1.54, 1.807) is 14.2 Å². The van der Waals surface area contributed by atoms with Crippen molar-refractivity contribution in [2.24, 2.45) is 5.92 Å². The van der Waals surface area contributed by atoms with E-state index in [0.717, 1.165) is 38.9 Å². The second kappa shape index (κ2) is 13.4. The van der Waals surface area contributed by atoms with Gasteiger partial charge in [0.1, 0.15) is 29.6 Å². The van der Waals surface area contributed by atoms with Crippen molar-refractivity contribution < 1.29 is 28.8 Å². The van der Waals surface area contributed by atoms with Crippen LogP contribution < -0.4 is 9.47 Å². The van der Waals surface area contributed by atoms with Crippen molar-refractivity contribution in [3.05, 3.63) is 155 Å². The molecule has 5 aromatic carbocycles. The van der Waals surface area contributed by atoms with Crippen LogP contribution in [-0.4, -0.2) is 45.1 Å². The Labute approximate surface area is 263 Å². The molecule has 1 N–H and O–H groups in total. The Hall–Kier alpha value is -4.91. The van der Waals surface area contributed by atoms with Crippen LogP contribution in [0.4, 0.5) is 0 Å². The Balaban J connectivity index is 1.30. The highest BCUT2D eigenvalue weighted by Gasteiger charge is 2.39. The maximum Gasteiger partial charge on any atom is 0.313 e. The van der Waals surface area contributed by atoms with E-state index >= 15 is 0 Å². The average Bonchev–Trinajstić information content (AvgIpc) is 3.43. The molecule has 0 spiro atoms. The molecule has 0 amide bonds. The molecule has 0 bridgehead atoms. The largest absolute Gasteiger partial charge is 0.497 e. The first-order valence-electron chi connectivity index (χ1n) is 15.0. The van der Waals surface area contributed by atoms with E-state index in [9.17, 15) is 9.90 Å². The van der Waals surface area contributed by atoms with E-state index < -0.39 is 24.1 Å². The smallest absolute Gasteiger partial charge is 0.313 e. The van der Waals surface area contributed by atoms with Crippen molar-refractivity contribution in [2.45, 2.75) is 11.5 Å². The summed E-state index contributed by atoms with van der Waals surface area (Å²) in [7, 11) is 3.25. The number of carbonyl (C=O) groups is 1. The number of ether oxygens (including phenoxy) is 4. The summed E-state index contributed by atoms with van der Waals surface area (Å²) in [5.74, 6) is -0.0736. The summed E-state index contributed by atoms with van der Waals surface area (Å²) >= 11 is 0. The molecule has 1 aliphatic rings. The Morgan fingerprint density at radius 1 is 0.667 bits per heavy atom. The zero-order chi connectivity index (χ0) is 31.2. The van der Waals surface area contributed by atoms with Gasteiger partial charge < -0.3 is 24.1 Å². The molecular weight excluding hydrogens is 564 g/mol. The summed E-state index contributed by atoms with van der Waals surface area (Å²) in [5.41, 5.74) is 6.00. The van der Waals surface area contributed by atoms with Crippen LogP contribution >= 0.6 is 0 Å². The topological polar surface area (TPSA) is 74.2 Å². The monoisotopic (exact) mass is 600 g/mol. The maximum absolute atomic E-state index is 13.6. The first-order valence-corrected chi connectivity index (χ1v) is 15.0. The van der Waals surface area contributed by atoms with Crippen molar-refractivity contribution in [3.8, 4) is 22.6 Å². The summed E-state index contributed by atoms with van der Waals surface area (Å²) < 4.78 is 23.6. The number of aliphatic hydroxyl groups excluding tert-OH is 1. The minimum Gasteiger partial charge on any atom is -0.497 e. The van der Waals surface area contributed by atoms with E-state index in [1.165, 1.54) is 0 Å². The summed E-state index contributed by atoms with van der Waals surface area (Å²) in [4.78, 5) is 13.6. The van der Waals surface area contributed by atoms with Gasteiger partial charge in [0.2, 0.25) is 0 Å². The van der Waals surface area contributed by atoms with Crippen LogP contribution in [0.5, 0.6) is 11.5 Å². The number of benzene rings is 5. The molecule has 0 saturated carbocycles. The van der Waals surface area contributed by atoms with Gasteiger partial charge in [-0.05, 0) is 63.2 Å². The first kappa shape index (κ1) is 30.1. The minimum absolute atomic E-state index is 0.0800. The number of methoxy groups -OCH3 is 2. The van der Waals surface area contributed by atoms with Crippen LogP contribution in [0, 0.1) is 5.92 Å². The van der Waals surface area contributed by atoms with Gasteiger partial charge in [0, 0.05) is 5.92 Å². The van der Waals surface area contributed by atoms with E-state index in [4.69, 9.17) is 18.9 Å². The quantitative estimate of drug-likeness (QED) is 0.123. The lowest BCUT2D eigenvalue weighted by molar-refractivity contribution is -0.154. The Kier molecular flexibility index (Phi) is 8.96. The molecule has 6 heteroatoms. The molecular formula is C39H36O6. The molecule has 45 heavy (non-hydrogen) atoms. The van der Waals surface area contributed by atoms with Crippen molar-refractivity contribution in [2.75, 3.05) is 34.0 Å². The van der Waals surface area contributed by atoms with Crippen LogP contribution in [0.1, 0.15) is 33.7 Å². The number of hydrogen-bond donors (Lipinski definition) is 1. The van der Waals surface area contributed by atoms with Gasteiger partial charge in [-0.1, -0.05) is 103 Å². The Morgan fingerprint density at radius 2 is 1.13 bits per heavy atom. The molecule has 0 radical (unpaired) electrons. The predicted octanol–water partition coefficient (Wildman–Crippen LogP) is 6.98. The molecule has 0 fully saturated rings. The molecule has 228 valence electrons. The van der Waals surface area contributed by atoms with Crippen LogP contribution in [0.25, 0.3) is 11.1 Å². The lowest BCUT2D eigenvalue weighted by Gasteiger charge is -2.37. The highest BCUT2D eigenvalue weighted by molar-refractivity contribution is 5.79. The second-order valence-electron chi connectivity index (χ2n) is 11.1. The minimum atomic E-state index is -1.11. The number of hydrogen-bond acceptors (Lipinski definition) is 6. The van der Waals surface area contributed by atoms with Crippen molar-refractivity contribution in [3.63, 3.8) is 0 Å². The number of aliphatic hydroxyl groups is 1. The van der Waals surface area contributed by atoms with Crippen LogP contribution in [-0.2, 0) is 19.9 Å². The number of rotatable bonds is 12. The molecule has 6 rings (SSSR count). The lowest BCUT2D eigenvalue weighted by atomic mass is 9.80. The summed E-state index contributed by atoms with van der Waals surface area (Å²) in [5, 5.41) is 10.4. The predicted molar refractivity (Wildman–Crippen MR) is 174 cm³/mol. The van der Waals surface area contributed by atoms with Gasteiger partial charge >= 0.3 is 5.97 Å². The van der Waals surface area contributed by atoms with Gasteiger partial charge in [0.05, 0.1) is 27.4 Å². The van der Waals surface area contributed by atoms with Crippen LogP contribution in [0.15, 0.2) is 127 Å². The SMILES string of the molecule is COc1ccc(C(OCC(CO)C(=O)OCC2c3ccccc3-c3ccccc32)(c2ccccc2)c2ccc(OC)cc2)cc1. The zero-order valence-electron chi connectivity index (χ0n) is 25.4. The van der Waals surface area contributed by atoms with Crippen LogP contribution in [0.3, 0.4) is 0 Å². The van der Waals surface area contributed by atoms with Crippen molar-refractivity contribution in [1.29, 1.82) is 0 Å². The Morgan fingerprint density at radius 3 is 1.62 bits per heavy atom. The second-order valence-corrected chi connectivity index (χ2v) is 11.1. The number of carbonyl (C=O) groups excluding carboxylic acids is 1. The molecule has 1 unspecified atom stereocenters. The molecule has 5 aromatic rings. The fourth-order valence-electron chi connectivity index (χ4n) is 6.22. The number of esters is 1. The normalized spacial score (nSPS) is 13.0. The lowest BCUT2D eigenvalue weighted by Crippen LogP contribution is -2.37. The average molecular weight is 601 g/mol. The highest BCUT2D eigenvalue weighted by Crippen LogP contribution is 2.45. The fourth-order valence-corrected chi connectivity index (χ4v) is 6.22. The molecule has 0 aliphatic heterocycles. The third-order valence-corrected chi connectivity index (χ3v) is 8.58. The van der Waals surface area contributed by atoms with Crippen LogP contribution in [0.2, 0.25) is 0 Å². The third-order valence-electron chi connectivity index (χ3n) is 8.58. The fraction of sp³-hybridized carbons (Fsp3) is 0.205. The van der Waals surface area contributed by atoms with Gasteiger partial charge in [-0.25, -0.2) is 0 Å². The molecule has 1 atom stereocenters. The summed E-state index contributed by atoms with van der Waals surface area (Å²) in [6.07, 6.45) is 0. The molecule has 6 nitrogen and oxygen atoms in total. The molecule has 0 aromatic heterocycles. The van der Waals surface area contributed by atoms with E-state index in [2.05, 4.69) is 24.3 Å². The van der Waals surface area contributed by atoms with E-state index in [0.29, 0.717) is 11.5 Å². The van der Waals surface area contributed by atoms with Gasteiger partial charge in [0.25, 0.3) is 0 Å². The van der Waals surface area contributed by atoms with Gasteiger partial charge in [-0.2, -0.15) is 0 Å². The summed E-state index contributed by atoms with van der Waals surface area (Å²) in [6.45, 7) is -0.336. The van der Waals surface area contributed by atoms with Gasteiger partial charge in [-0.15, -0.1) is 0 Å². The van der Waals surface area contributed by atoms with Gasteiger partial charge in [-0.3, -0.25) is 4.79 Å². The molecule has 0 saturated heterocycles. The van der Waals surface area contributed by atoms with E-state index in [1.807, 2.05) is 103 Å². The molecule has 1 aliphatic carbocycles. The number of fused-ring (bicyclic) bond motifs is 3. The third kappa shape index (κ3) is 5.82. The maximum atomic E-state index is 13.6. The zero-order valence-corrected chi connectivity index (χ0v) is 25.4. The van der Waals surface area contributed by atoms with Gasteiger partial charge in [0.15, 0.2) is 0 Å².